The minimum absolute atomic E-state index is 0.0385. The summed E-state index contributed by atoms with van der Waals surface area (Å²) in [7, 11) is -2.56. The number of alkyl carbamates (subject to hydrolysis) is 1. The minimum atomic E-state index is -4.82. The van der Waals surface area contributed by atoms with E-state index in [-0.39, 0.29) is 44.5 Å². The molecule has 1 aromatic heterocycles. The molecule has 19 heteroatoms. The molecule has 0 radical (unpaired) electrons. The van der Waals surface area contributed by atoms with Crippen molar-refractivity contribution < 1.29 is 55.0 Å². The number of nitrogens with zero attached hydrogens (tertiary/aromatic N) is 3. The number of carbonyl (C=O) groups excluding carboxylic acids is 4. The molecule has 2 aliphatic heterocycles. The highest BCUT2D eigenvalue weighted by Gasteiger charge is 2.63. The van der Waals surface area contributed by atoms with Gasteiger partial charge in [0.05, 0.1) is 29.4 Å². The van der Waals surface area contributed by atoms with E-state index in [4.69, 9.17) is 14.2 Å². The van der Waals surface area contributed by atoms with Gasteiger partial charge in [0.15, 0.2) is 0 Å². The molecule has 3 N–H and O–H groups in total. The molecule has 3 saturated carbocycles. The largest absolute Gasteiger partial charge is 0.497 e. The number of amides is 4. The Morgan fingerprint density at radius 2 is 1.76 bits per heavy atom. The third kappa shape index (κ3) is 9.09. The number of nitrogens with one attached hydrogen (secondary N) is 3. The maximum absolute atomic E-state index is 14.6. The zero-order chi connectivity index (χ0) is 42.3. The highest BCUT2D eigenvalue weighted by molar-refractivity contribution is 7.91. The molecule has 1 saturated heterocycles. The zero-order valence-electron chi connectivity index (χ0n) is 33.3. The molecule has 15 nitrogen and oxygen atoms in total. The molecule has 2 aromatic rings. The van der Waals surface area contributed by atoms with E-state index in [0.29, 0.717) is 73.8 Å². The van der Waals surface area contributed by atoms with Crippen LogP contribution in [0.5, 0.6) is 11.6 Å². The molecule has 5 aliphatic rings. The molecule has 0 spiro atoms. The molecule has 322 valence electrons. The summed E-state index contributed by atoms with van der Waals surface area (Å²) in [6.45, 7) is 3.02. The number of ether oxygens (including phenoxy) is 3. The number of carbonyl (C=O) groups is 4. The Balaban J connectivity index is 1.18. The van der Waals surface area contributed by atoms with Gasteiger partial charge in [-0.2, -0.15) is 13.2 Å². The van der Waals surface area contributed by atoms with Gasteiger partial charge < -0.3 is 29.7 Å². The second kappa shape index (κ2) is 16.4. The number of rotatable bonds is 9. The van der Waals surface area contributed by atoms with Gasteiger partial charge in [-0.1, -0.05) is 37.8 Å². The lowest BCUT2D eigenvalue weighted by atomic mass is 10.0. The van der Waals surface area contributed by atoms with Crippen LogP contribution >= 0.6 is 0 Å². The van der Waals surface area contributed by atoms with Gasteiger partial charge >= 0.3 is 12.3 Å². The lowest BCUT2D eigenvalue weighted by molar-refractivity contribution is -0.218. The predicted molar refractivity (Wildman–Crippen MR) is 206 cm³/mol. The Kier molecular flexibility index (Phi) is 11.8. The SMILES string of the molecule is COc1ccc2nc(C)c(O[C@@H]3C[C@H]4C(=O)N[C@]5(C(=O)NS(=O)(=O)C6(C)CC6)C[C@H]5/C=C\CCCCC[C@H](NC(=O)O[C@H](C5CCCC5)C(F)(F)F)C(=O)N4C3)nc2c1. The Hall–Kier alpha value is -4.68. The van der Waals surface area contributed by atoms with E-state index in [2.05, 4.69) is 25.3 Å². The maximum atomic E-state index is 14.6. The van der Waals surface area contributed by atoms with Gasteiger partial charge in [0.1, 0.15) is 35.2 Å². The molecule has 4 fully saturated rings. The van der Waals surface area contributed by atoms with Gasteiger partial charge in [-0.25, -0.2) is 23.2 Å². The van der Waals surface area contributed by atoms with Crippen LogP contribution in [0.1, 0.15) is 96.1 Å². The Labute approximate surface area is 340 Å². The fraction of sp³-hybridized carbons (Fsp3) is 0.650. The first-order valence-electron chi connectivity index (χ1n) is 20.3. The number of fused-ring (bicyclic) bond motifs is 3. The number of methoxy groups -OCH3 is 1. The molecule has 3 heterocycles. The summed E-state index contributed by atoms with van der Waals surface area (Å²) in [6, 6.07) is 2.46. The quantitative estimate of drug-likeness (QED) is 0.291. The van der Waals surface area contributed by atoms with Gasteiger partial charge in [0.25, 0.3) is 5.91 Å². The fourth-order valence-electron chi connectivity index (χ4n) is 8.43. The van der Waals surface area contributed by atoms with Crippen molar-refractivity contribution in [3.05, 3.63) is 36.0 Å². The second-order valence-electron chi connectivity index (χ2n) is 16.8. The van der Waals surface area contributed by atoms with E-state index in [1.165, 1.54) is 18.9 Å². The number of benzene rings is 1. The minimum Gasteiger partial charge on any atom is -0.497 e. The molecular formula is C40H51F3N6O9S. The summed E-state index contributed by atoms with van der Waals surface area (Å²) in [5.41, 5.74) is -0.187. The van der Waals surface area contributed by atoms with Crippen LogP contribution in [-0.4, -0.2) is 102 Å². The van der Waals surface area contributed by atoms with Crippen LogP contribution in [0.4, 0.5) is 18.0 Å². The van der Waals surface area contributed by atoms with Crippen molar-refractivity contribution in [2.24, 2.45) is 11.8 Å². The first kappa shape index (κ1) is 42.4. The number of hydrogen-bond donors (Lipinski definition) is 3. The zero-order valence-corrected chi connectivity index (χ0v) is 34.1. The monoisotopic (exact) mass is 848 g/mol. The van der Waals surface area contributed by atoms with Gasteiger partial charge in [-0.3, -0.25) is 19.1 Å². The normalized spacial score (nSPS) is 28.5. The van der Waals surface area contributed by atoms with Crippen molar-refractivity contribution in [3.8, 4) is 11.6 Å². The average Bonchev–Trinajstić information content (AvgIpc) is 3.94. The van der Waals surface area contributed by atoms with E-state index < -0.39 is 86.4 Å². The van der Waals surface area contributed by atoms with Crippen LogP contribution in [0.2, 0.25) is 0 Å². The second-order valence-corrected chi connectivity index (χ2v) is 19.0. The summed E-state index contributed by atoms with van der Waals surface area (Å²) in [4.78, 5) is 66.6. The van der Waals surface area contributed by atoms with Crippen molar-refractivity contribution in [1.29, 1.82) is 0 Å². The average molecular weight is 849 g/mol. The number of aromatic nitrogens is 2. The predicted octanol–water partition coefficient (Wildman–Crippen LogP) is 4.90. The molecule has 7 rings (SSSR count). The topological polar surface area (TPSA) is 195 Å². The summed E-state index contributed by atoms with van der Waals surface area (Å²) >= 11 is 0. The van der Waals surface area contributed by atoms with Gasteiger partial charge in [0.2, 0.25) is 33.8 Å². The van der Waals surface area contributed by atoms with Crippen molar-refractivity contribution >= 4 is 44.9 Å². The number of aryl methyl sites for hydroxylation is 1. The Morgan fingerprint density at radius 3 is 2.46 bits per heavy atom. The van der Waals surface area contributed by atoms with Crippen LogP contribution in [0.15, 0.2) is 30.4 Å². The van der Waals surface area contributed by atoms with Gasteiger partial charge in [-0.05, 0) is 77.3 Å². The highest BCUT2D eigenvalue weighted by Crippen LogP contribution is 2.47. The third-order valence-corrected chi connectivity index (χ3v) is 14.6. The highest BCUT2D eigenvalue weighted by atomic mass is 32.2. The summed E-state index contributed by atoms with van der Waals surface area (Å²) < 4.78 is 86.5. The maximum Gasteiger partial charge on any atom is 0.425 e. The fourth-order valence-corrected chi connectivity index (χ4v) is 9.74. The smallest absolute Gasteiger partial charge is 0.425 e. The van der Waals surface area contributed by atoms with Gasteiger partial charge in [-0.15, -0.1) is 0 Å². The van der Waals surface area contributed by atoms with Crippen LogP contribution in [0, 0.1) is 18.8 Å². The molecule has 6 atom stereocenters. The van der Waals surface area contributed by atoms with Crippen molar-refractivity contribution in [3.63, 3.8) is 0 Å². The third-order valence-electron chi connectivity index (χ3n) is 12.4. The van der Waals surface area contributed by atoms with E-state index in [9.17, 15) is 40.8 Å². The van der Waals surface area contributed by atoms with E-state index in [1.54, 1.807) is 31.2 Å². The number of halogens is 3. The molecule has 0 unspecified atom stereocenters. The van der Waals surface area contributed by atoms with Crippen molar-refractivity contribution in [1.82, 2.24) is 30.2 Å². The molecular weight excluding hydrogens is 798 g/mol. The number of sulfonamides is 1. The number of hydrogen-bond acceptors (Lipinski definition) is 11. The molecule has 4 amide bonds. The molecule has 0 bridgehead atoms. The number of alkyl halides is 3. The van der Waals surface area contributed by atoms with Gasteiger partial charge in [0, 0.05) is 24.3 Å². The summed E-state index contributed by atoms with van der Waals surface area (Å²) in [5, 5.41) is 5.19. The standard InChI is InChI=1S/C40H51F3N6O9S/c1-23-34(45-30-19-26(56-3)15-16-28(30)44-23)57-27-20-31-33(50)47-39(36(52)48-59(54,55)38(2)17-18-38)21-25(39)13-7-5-4-6-8-14-29(35(51)49(31)22-27)46-37(53)58-32(40(41,42)43)24-11-9-10-12-24/h7,13,15-16,19,24-25,27,29,31-32H,4-6,8-12,14,17-18,20-22H2,1-3H3,(H,46,53)(H,47,50)(H,48,52)/b13-7-/t25-,27-,29+,31+,32-,39-/m1/s1. The van der Waals surface area contributed by atoms with E-state index >= 15 is 0 Å². The van der Waals surface area contributed by atoms with Crippen LogP contribution in [-0.2, 0) is 29.1 Å². The Bertz CT molecular complexity index is 2110. The molecule has 1 aromatic carbocycles. The van der Waals surface area contributed by atoms with Crippen LogP contribution < -0.4 is 24.8 Å². The lowest BCUT2D eigenvalue weighted by Gasteiger charge is -2.31. The molecule has 3 aliphatic carbocycles. The summed E-state index contributed by atoms with van der Waals surface area (Å²) in [5.74, 6) is -3.20. The summed E-state index contributed by atoms with van der Waals surface area (Å²) in [6.07, 6.45) is -1.12. The van der Waals surface area contributed by atoms with Crippen molar-refractivity contribution in [2.45, 2.75) is 138 Å². The van der Waals surface area contributed by atoms with Crippen molar-refractivity contribution in [2.75, 3.05) is 13.7 Å². The van der Waals surface area contributed by atoms with Crippen LogP contribution in [0.3, 0.4) is 0 Å². The number of allylic oxidation sites excluding steroid dienone is 1. The Morgan fingerprint density at radius 1 is 1.03 bits per heavy atom. The lowest BCUT2D eigenvalue weighted by Crippen LogP contribution is -2.58. The van der Waals surface area contributed by atoms with E-state index in [0.717, 1.165) is 0 Å². The van der Waals surface area contributed by atoms with E-state index in [1.807, 2.05) is 6.08 Å². The molecule has 59 heavy (non-hydrogen) atoms. The first-order chi connectivity index (χ1) is 27.9. The first-order valence-corrected chi connectivity index (χ1v) is 21.8. The van der Waals surface area contributed by atoms with Crippen LogP contribution in [0.25, 0.3) is 11.0 Å².